The van der Waals surface area contributed by atoms with Crippen LogP contribution in [-0.4, -0.2) is 23.7 Å². The monoisotopic (exact) mass is 230 g/mol. The smallest absolute Gasteiger partial charge is 0.173 e. The molecule has 0 fully saturated rings. The van der Waals surface area contributed by atoms with E-state index in [1.165, 1.54) is 6.92 Å². The zero-order valence-corrected chi connectivity index (χ0v) is 9.77. The van der Waals surface area contributed by atoms with Crippen LogP contribution >= 0.6 is 0 Å². The van der Waals surface area contributed by atoms with Crippen LogP contribution in [0.5, 0.6) is 0 Å². The highest BCUT2D eigenvalue weighted by Gasteiger charge is 2.16. The second-order valence-electron chi connectivity index (χ2n) is 3.75. The van der Waals surface area contributed by atoms with Crippen molar-refractivity contribution in [2.75, 3.05) is 7.05 Å². The Kier molecular flexibility index (Phi) is 3.20. The Balaban J connectivity index is 2.37. The van der Waals surface area contributed by atoms with E-state index in [-0.39, 0.29) is 5.78 Å². The molecule has 0 saturated heterocycles. The topological polar surface area (TPSA) is 56.7 Å². The van der Waals surface area contributed by atoms with E-state index in [1.54, 1.807) is 17.2 Å². The minimum atomic E-state index is 0.0257. The molecule has 0 saturated carbocycles. The molecule has 1 heterocycles. The van der Waals surface area contributed by atoms with Crippen LogP contribution in [0.2, 0.25) is 0 Å². The van der Waals surface area contributed by atoms with Gasteiger partial charge in [0, 0.05) is 12.6 Å². The highest BCUT2D eigenvalue weighted by atomic mass is 16.1. The maximum Gasteiger partial charge on any atom is 0.173 e. The fourth-order valence-electron chi connectivity index (χ4n) is 1.57. The van der Waals surface area contributed by atoms with E-state index in [4.69, 9.17) is 0 Å². The SMILES string of the molecule is CC(=O)C=Cc1ccccc1C1=NNNN1C. The normalized spacial score (nSPS) is 14.9. The number of amidine groups is 1. The molecule has 0 radical (unpaired) electrons. The maximum atomic E-state index is 11.0. The van der Waals surface area contributed by atoms with Crippen LogP contribution in [0.3, 0.4) is 0 Å². The van der Waals surface area contributed by atoms with E-state index in [9.17, 15) is 4.79 Å². The molecule has 17 heavy (non-hydrogen) atoms. The van der Waals surface area contributed by atoms with Crippen molar-refractivity contribution in [2.24, 2.45) is 5.10 Å². The number of hydrazine groups is 2. The van der Waals surface area contributed by atoms with E-state index >= 15 is 0 Å². The highest BCUT2D eigenvalue weighted by molar-refractivity contribution is 6.03. The average Bonchev–Trinajstić information content (AvgIpc) is 2.73. The molecular formula is C12H14N4O. The van der Waals surface area contributed by atoms with Gasteiger partial charge in [-0.2, -0.15) is 0 Å². The molecule has 0 atom stereocenters. The molecule has 0 bridgehead atoms. The number of hydrogen-bond donors (Lipinski definition) is 2. The predicted octanol–water partition coefficient (Wildman–Crippen LogP) is 0.905. The van der Waals surface area contributed by atoms with Gasteiger partial charge in [-0.25, -0.2) is 5.53 Å². The first-order chi connectivity index (χ1) is 8.18. The van der Waals surface area contributed by atoms with Gasteiger partial charge in [-0.1, -0.05) is 30.3 Å². The molecule has 88 valence electrons. The van der Waals surface area contributed by atoms with E-state index in [1.807, 2.05) is 31.3 Å². The van der Waals surface area contributed by atoms with Crippen LogP contribution in [0.25, 0.3) is 6.08 Å². The maximum absolute atomic E-state index is 11.0. The summed E-state index contributed by atoms with van der Waals surface area (Å²) in [6.45, 7) is 1.53. The third-order valence-corrected chi connectivity index (χ3v) is 2.40. The van der Waals surface area contributed by atoms with E-state index < -0.39 is 0 Å². The third kappa shape index (κ3) is 2.51. The second kappa shape index (κ2) is 4.80. The summed E-state index contributed by atoms with van der Waals surface area (Å²) in [6.07, 6.45) is 3.35. The fraction of sp³-hybridized carbons (Fsp3) is 0.167. The molecule has 2 N–H and O–H groups in total. The number of carbonyl (C=O) groups is 1. The van der Waals surface area contributed by atoms with E-state index in [0.717, 1.165) is 17.0 Å². The van der Waals surface area contributed by atoms with Crippen molar-refractivity contribution < 1.29 is 4.79 Å². The quantitative estimate of drug-likeness (QED) is 0.758. The van der Waals surface area contributed by atoms with Gasteiger partial charge in [0.25, 0.3) is 0 Å². The molecule has 0 aliphatic carbocycles. The van der Waals surface area contributed by atoms with E-state index in [0.29, 0.717) is 0 Å². The lowest BCUT2D eigenvalue weighted by atomic mass is 10.1. The molecule has 1 aromatic rings. The zero-order valence-electron chi connectivity index (χ0n) is 9.77. The van der Waals surface area contributed by atoms with Gasteiger partial charge in [-0.05, 0) is 18.6 Å². The number of nitrogens with one attached hydrogen (secondary N) is 2. The Morgan fingerprint density at radius 2 is 2.18 bits per heavy atom. The minimum Gasteiger partial charge on any atom is -0.295 e. The molecule has 0 spiro atoms. The number of hydrazone groups is 1. The van der Waals surface area contributed by atoms with Crippen LogP contribution in [0.1, 0.15) is 18.1 Å². The summed E-state index contributed by atoms with van der Waals surface area (Å²) in [7, 11) is 1.87. The number of ketones is 1. The lowest BCUT2D eigenvalue weighted by Gasteiger charge is -2.13. The largest absolute Gasteiger partial charge is 0.295 e. The van der Waals surface area contributed by atoms with Crippen LogP contribution < -0.4 is 11.1 Å². The summed E-state index contributed by atoms with van der Waals surface area (Å²) in [6, 6.07) is 7.78. The second-order valence-corrected chi connectivity index (χ2v) is 3.75. The summed E-state index contributed by atoms with van der Waals surface area (Å²) in [5.41, 5.74) is 7.45. The van der Waals surface area contributed by atoms with Crippen molar-refractivity contribution in [1.29, 1.82) is 0 Å². The molecule has 0 unspecified atom stereocenters. The Morgan fingerprint density at radius 3 is 2.82 bits per heavy atom. The van der Waals surface area contributed by atoms with Gasteiger partial charge in [0.2, 0.25) is 0 Å². The number of rotatable bonds is 3. The Labute approximate surface area is 99.8 Å². The molecule has 1 aromatic carbocycles. The molecule has 0 amide bonds. The first-order valence-corrected chi connectivity index (χ1v) is 5.28. The van der Waals surface area contributed by atoms with Crippen molar-refractivity contribution in [3.63, 3.8) is 0 Å². The van der Waals surface area contributed by atoms with Gasteiger partial charge in [0.15, 0.2) is 11.6 Å². The number of hydrogen-bond acceptors (Lipinski definition) is 5. The fourth-order valence-corrected chi connectivity index (χ4v) is 1.57. The molecule has 1 aliphatic heterocycles. The third-order valence-electron chi connectivity index (χ3n) is 2.40. The summed E-state index contributed by atoms with van der Waals surface area (Å²) in [4.78, 5) is 11.0. The number of nitrogens with zero attached hydrogens (tertiary/aromatic N) is 2. The van der Waals surface area contributed by atoms with Crippen molar-refractivity contribution in [1.82, 2.24) is 16.1 Å². The Bertz CT molecular complexity index is 493. The van der Waals surface area contributed by atoms with Crippen molar-refractivity contribution in [2.45, 2.75) is 6.92 Å². The molecule has 1 aliphatic rings. The number of carbonyl (C=O) groups excluding carboxylic acids is 1. The number of benzene rings is 1. The van der Waals surface area contributed by atoms with Crippen LogP contribution in [0.4, 0.5) is 0 Å². The molecule has 0 aromatic heterocycles. The van der Waals surface area contributed by atoms with Gasteiger partial charge in [-0.3, -0.25) is 9.80 Å². The van der Waals surface area contributed by atoms with Gasteiger partial charge < -0.3 is 0 Å². The van der Waals surface area contributed by atoms with Gasteiger partial charge >= 0.3 is 0 Å². The Morgan fingerprint density at radius 1 is 1.41 bits per heavy atom. The summed E-state index contributed by atoms with van der Waals surface area (Å²) < 4.78 is 0. The van der Waals surface area contributed by atoms with Crippen molar-refractivity contribution in [3.05, 3.63) is 41.5 Å². The van der Waals surface area contributed by atoms with E-state index in [2.05, 4.69) is 16.2 Å². The van der Waals surface area contributed by atoms with Crippen LogP contribution in [0.15, 0.2) is 35.4 Å². The molecular weight excluding hydrogens is 216 g/mol. The lowest BCUT2D eigenvalue weighted by Crippen LogP contribution is -2.37. The van der Waals surface area contributed by atoms with Crippen LogP contribution in [0, 0.1) is 0 Å². The molecule has 2 rings (SSSR count). The zero-order chi connectivity index (χ0) is 12.3. The van der Waals surface area contributed by atoms with Gasteiger partial charge in [-0.15, -0.1) is 10.6 Å². The van der Waals surface area contributed by atoms with Gasteiger partial charge in [0.05, 0.1) is 0 Å². The first kappa shape index (κ1) is 11.3. The summed E-state index contributed by atoms with van der Waals surface area (Å²) in [5.74, 6) is 0.812. The highest BCUT2D eigenvalue weighted by Crippen LogP contribution is 2.14. The first-order valence-electron chi connectivity index (χ1n) is 5.28. The van der Waals surface area contributed by atoms with Crippen molar-refractivity contribution in [3.8, 4) is 0 Å². The predicted molar refractivity (Wildman–Crippen MR) is 66.7 cm³/mol. The minimum absolute atomic E-state index is 0.0257. The lowest BCUT2D eigenvalue weighted by molar-refractivity contribution is -0.112. The summed E-state index contributed by atoms with van der Waals surface area (Å²) in [5, 5.41) is 5.92. The van der Waals surface area contributed by atoms with Gasteiger partial charge in [0.1, 0.15) is 0 Å². The molecule has 5 heteroatoms. The molecule has 5 nitrogen and oxygen atoms in total. The number of allylic oxidation sites excluding steroid dienone is 1. The summed E-state index contributed by atoms with van der Waals surface area (Å²) >= 11 is 0. The average molecular weight is 230 g/mol. The Hall–Kier alpha value is -2.14. The standard InChI is InChI=1S/C12H14N4O/c1-9(17)7-8-10-5-3-4-6-11(10)12-13-14-15-16(12)2/h3-8,14-15H,1-2H3. The van der Waals surface area contributed by atoms with Crippen LogP contribution in [-0.2, 0) is 4.79 Å². The van der Waals surface area contributed by atoms with Crippen molar-refractivity contribution >= 4 is 17.7 Å².